The van der Waals surface area contributed by atoms with Gasteiger partial charge in [0.05, 0.1) is 25.4 Å². The van der Waals surface area contributed by atoms with Crippen LogP contribution in [0.3, 0.4) is 0 Å². The Balaban J connectivity index is 1.05. The highest BCUT2D eigenvalue weighted by Gasteiger charge is 2.47. The van der Waals surface area contributed by atoms with Crippen LogP contribution in [0.1, 0.15) is 64.2 Å². The number of piperazine rings is 1. The third-order valence-corrected chi connectivity index (χ3v) is 8.54. The number of hydrogen-bond donors (Lipinski definition) is 1. The van der Waals surface area contributed by atoms with Gasteiger partial charge in [-0.25, -0.2) is 0 Å². The second kappa shape index (κ2) is 9.03. The molecule has 0 aromatic rings. The first kappa shape index (κ1) is 21.7. The first-order valence-corrected chi connectivity index (χ1v) is 12.7. The molecule has 174 valence electrons. The lowest BCUT2D eigenvalue weighted by Crippen LogP contribution is -2.63. The van der Waals surface area contributed by atoms with Crippen molar-refractivity contribution in [3.63, 3.8) is 0 Å². The summed E-state index contributed by atoms with van der Waals surface area (Å²) < 4.78 is 11.3. The van der Waals surface area contributed by atoms with Crippen molar-refractivity contribution in [1.29, 1.82) is 0 Å². The minimum atomic E-state index is -1.28. The Labute approximate surface area is 186 Å². The molecule has 0 radical (unpaired) electrons. The van der Waals surface area contributed by atoms with Gasteiger partial charge in [-0.15, -0.1) is 0 Å². The van der Waals surface area contributed by atoms with Gasteiger partial charge in [0, 0.05) is 31.9 Å². The predicted octanol–water partition coefficient (Wildman–Crippen LogP) is 2.95. The van der Waals surface area contributed by atoms with E-state index in [0.29, 0.717) is 31.2 Å². The van der Waals surface area contributed by atoms with Crippen LogP contribution < -0.4 is 0 Å². The van der Waals surface area contributed by atoms with Gasteiger partial charge in [0.25, 0.3) is 5.91 Å². The molecule has 2 unspecified atom stereocenters. The summed E-state index contributed by atoms with van der Waals surface area (Å²) in [4.78, 5) is 16.7. The Kier molecular flexibility index (Phi) is 6.33. The zero-order valence-electron chi connectivity index (χ0n) is 19.0. The smallest absolute Gasteiger partial charge is 0.259 e. The van der Waals surface area contributed by atoms with Gasteiger partial charge in [-0.2, -0.15) is 0 Å². The number of carbonyl (C=O) groups excluding carboxylic acids is 1. The molecule has 1 amide bonds. The van der Waals surface area contributed by atoms with E-state index in [0.717, 1.165) is 24.9 Å². The lowest BCUT2D eigenvalue weighted by molar-refractivity contribution is -0.201. The van der Waals surface area contributed by atoms with Gasteiger partial charge < -0.3 is 24.4 Å². The maximum absolute atomic E-state index is 12.5. The van der Waals surface area contributed by atoms with E-state index in [1.165, 1.54) is 69.9 Å². The molecule has 5 aliphatic rings. The van der Waals surface area contributed by atoms with Crippen LogP contribution >= 0.6 is 0 Å². The molecule has 0 spiro atoms. The summed E-state index contributed by atoms with van der Waals surface area (Å²) in [6.07, 6.45) is 14.2. The van der Waals surface area contributed by atoms with Gasteiger partial charge in [0.1, 0.15) is 0 Å². The fourth-order valence-electron chi connectivity index (χ4n) is 6.30. The van der Waals surface area contributed by atoms with E-state index >= 15 is 0 Å². The van der Waals surface area contributed by atoms with Gasteiger partial charge in [-0.05, 0) is 75.5 Å². The molecule has 0 aromatic heterocycles. The second-order valence-electron chi connectivity index (χ2n) is 10.8. The number of hydrogen-bond acceptors (Lipinski definition) is 5. The minimum Gasteiger partial charge on any atom is -0.376 e. The summed E-state index contributed by atoms with van der Waals surface area (Å²) >= 11 is 0. The number of nitrogens with zero attached hydrogens (tertiary/aromatic N) is 2. The predicted molar refractivity (Wildman–Crippen MR) is 118 cm³/mol. The van der Waals surface area contributed by atoms with Crippen LogP contribution in [0.25, 0.3) is 0 Å². The SMILES string of the molecule is C=C(C1CCC(C2CCCC(OC3CC3)C2)CC1)N1CCN(C(=O)C2(O)COC2)CC1. The maximum Gasteiger partial charge on any atom is 0.259 e. The molecule has 2 heterocycles. The summed E-state index contributed by atoms with van der Waals surface area (Å²) in [6, 6.07) is 0. The highest BCUT2D eigenvalue weighted by Crippen LogP contribution is 2.43. The zero-order chi connectivity index (χ0) is 21.4. The molecule has 6 nitrogen and oxygen atoms in total. The lowest BCUT2D eigenvalue weighted by atomic mass is 9.70. The number of carbonyl (C=O) groups is 1. The maximum atomic E-state index is 12.5. The van der Waals surface area contributed by atoms with Gasteiger partial charge in [0.15, 0.2) is 5.60 Å². The van der Waals surface area contributed by atoms with E-state index in [1.807, 2.05) is 0 Å². The highest BCUT2D eigenvalue weighted by atomic mass is 16.5. The molecular weight excluding hydrogens is 392 g/mol. The summed E-state index contributed by atoms with van der Waals surface area (Å²) in [5.41, 5.74) is -0.00540. The van der Waals surface area contributed by atoms with E-state index < -0.39 is 5.60 Å². The van der Waals surface area contributed by atoms with Crippen LogP contribution in [0.2, 0.25) is 0 Å². The normalized spacial score (nSPS) is 36.0. The van der Waals surface area contributed by atoms with E-state index in [-0.39, 0.29) is 19.1 Å². The van der Waals surface area contributed by atoms with Gasteiger partial charge in [-0.1, -0.05) is 13.0 Å². The second-order valence-corrected chi connectivity index (χ2v) is 10.8. The van der Waals surface area contributed by atoms with Gasteiger partial charge in [-0.3, -0.25) is 4.79 Å². The zero-order valence-corrected chi connectivity index (χ0v) is 19.0. The molecule has 0 aromatic carbocycles. The fraction of sp³-hybridized carbons (Fsp3) is 0.880. The Bertz CT molecular complexity index is 658. The van der Waals surface area contributed by atoms with Crippen molar-refractivity contribution in [2.75, 3.05) is 39.4 Å². The molecule has 3 aliphatic carbocycles. The molecule has 2 saturated heterocycles. The van der Waals surface area contributed by atoms with Crippen molar-refractivity contribution >= 4 is 5.91 Å². The molecule has 1 N–H and O–H groups in total. The molecule has 5 rings (SSSR count). The molecule has 6 heteroatoms. The Morgan fingerprint density at radius 3 is 2.16 bits per heavy atom. The van der Waals surface area contributed by atoms with Crippen molar-refractivity contribution in [1.82, 2.24) is 9.80 Å². The van der Waals surface area contributed by atoms with E-state index in [4.69, 9.17) is 9.47 Å². The van der Waals surface area contributed by atoms with Crippen LogP contribution in [-0.4, -0.2) is 78.0 Å². The standard InChI is InChI=1S/C25H40N2O4/c1-18(26-11-13-27(14-12-26)24(28)25(29)16-30-17-25)19-5-7-20(8-6-19)21-3-2-4-23(15-21)31-22-9-10-22/h19-23,29H,1-17H2. The van der Waals surface area contributed by atoms with Gasteiger partial charge >= 0.3 is 0 Å². The number of rotatable bonds is 6. The number of amides is 1. The molecular formula is C25H40N2O4. The highest BCUT2D eigenvalue weighted by molar-refractivity contribution is 5.86. The average molecular weight is 433 g/mol. The molecule has 2 aliphatic heterocycles. The number of allylic oxidation sites excluding steroid dienone is 1. The van der Waals surface area contributed by atoms with Crippen molar-refractivity contribution in [3.8, 4) is 0 Å². The molecule has 31 heavy (non-hydrogen) atoms. The summed E-state index contributed by atoms with van der Waals surface area (Å²) in [5.74, 6) is 2.16. The van der Waals surface area contributed by atoms with E-state index in [2.05, 4.69) is 11.5 Å². The minimum absolute atomic E-state index is 0.135. The van der Waals surface area contributed by atoms with Crippen LogP contribution in [0.4, 0.5) is 0 Å². The van der Waals surface area contributed by atoms with Crippen molar-refractivity contribution in [3.05, 3.63) is 12.3 Å². The first-order valence-electron chi connectivity index (χ1n) is 12.7. The third kappa shape index (κ3) is 4.81. The lowest BCUT2D eigenvalue weighted by Gasteiger charge is -2.45. The van der Waals surface area contributed by atoms with Crippen molar-refractivity contribution < 1.29 is 19.4 Å². The molecule has 2 atom stereocenters. The Morgan fingerprint density at radius 1 is 0.871 bits per heavy atom. The molecule has 3 saturated carbocycles. The Morgan fingerprint density at radius 2 is 1.55 bits per heavy atom. The summed E-state index contributed by atoms with van der Waals surface area (Å²) in [6.45, 7) is 7.72. The summed E-state index contributed by atoms with van der Waals surface area (Å²) in [7, 11) is 0. The quantitative estimate of drug-likeness (QED) is 0.699. The first-order chi connectivity index (χ1) is 15.0. The molecule has 5 fully saturated rings. The van der Waals surface area contributed by atoms with E-state index in [9.17, 15) is 9.90 Å². The largest absolute Gasteiger partial charge is 0.376 e. The van der Waals surface area contributed by atoms with Crippen LogP contribution in [-0.2, 0) is 14.3 Å². The molecule has 0 bridgehead atoms. The topological polar surface area (TPSA) is 62.2 Å². The van der Waals surface area contributed by atoms with Crippen molar-refractivity contribution in [2.24, 2.45) is 17.8 Å². The van der Waals surface area contributed by atoms with Gasteiger partial charge in [0.2, 0.25) is 0 Å². The fourth-order valence-corrected chi connectivity index (χ4v) is 6.30. The van der Waals surface area contributed by atoms with Crippen LogP contribution in [0.15, 0.2) is 12.3 Å². The summed E-state index contributed by atoms with van der Waals surface area (Å²) in [5, 5.41) is 10.2. The Hall–Kier alpha value is -1.11. The van der Waals surface area contributed by atoms with Crippen LogP contribution in [0, 0.1) is 17.8 Å². The third-order valence-electron chi connectivity index (χ3n) is 8.54. The van der Waals surface area contributed by atoms with Crippen LogP contribution in [0.5, 0.6) is 0 Å². The number of ether oxygens (including phenoxy) is 2. The van der Waals surface area contributed by atoms with E-state index in [1.54, 1.807) is 4.90 Å². The average Bonchev–Trinajstić information content (AvgIpc) is 3.61. The monoisotopic (exact) mass is 432 g/mol. The number of aliphatic hydroxyl groups is 1. The van der Waals surface area contributed by atoms with Crippen molar-refractivity contribution in [2.45, 2.75) is 82.0 Å².